The van der Waals surface area contributed by atoms with Gasteiger partial charge in [-0.25, -0.2) is 0 Å². The monoisotopic (exact) mass is 303 g/mol. The number of nitrogens with two attached hydrogens (primary N) is 2. The fourth-order valence-corrected chi connectivity index (χ4v) is 0.999. The molecule has 0 unspecified atom stereocenters. The second-order valence-corrected chi connectivity index (χ2v) is 3.65. The molecule has 20 heavy (non-hydrogen) atoms. The number of para-hydroxylation sites is 2. The zero-order valence-electron chi connectivity index (χ0n) is 11.3. The molecule has 1 aromatic carbocycles. The standard InChI is InChI=1S/C6H15N5.C6H6O2.ClH/c1-2-3-4-10-6(9)11-5(7)8;7-5-3-1-2-4-6(5)8;/h2-4H2,1H3,(H6,7,8,9,10,11);1-4,7-8H;1H. The summed E-state index contributed by atoms with van der Waals surface area (Å²) < 4.78 is 0. The van der Waals surface area contributed by atoms with Gasteiger partial charge in [-0.05, 0) is 18.6 Å². The number of hydrogen-bond acceptors (Lipinski definition) is 4. The molecule has 0 spiro atoms. The van der Waals surface area contributed by atoms with E-state index in [1.165, 1.54) is 12.1 Å². The van der Waals surface area contributed by atoms with Gasteiger partial charge in [-0.2, -0.15) is 0 Å². The molecule has 0 aliphatic heterocycles. The van der Waals surface area contributed by atoms with Crippen LogP contribution in [0.5, 0.6) is 11.5 Å². The molecule has 1 aromatic rings. The number of halogens is 1. The Kier molecular flexibility index (Phi) is 12.0. The van der Waals surface area contributed by atoms with E-state index in [1.54, 1.807) is 12.1 Å². The van der Waals surface area contributed by atoms with Crippen molar-refractivity contribution in [2.45, 2.75) is 19.8 Å². The molecule has 0 aromatic heterocycles. The molecule has 0 radical (unpaired) electrons. The minimum absolute atomic E-state index is 0. The number of rotatable bonds is 3. The van der Waals surface area contributed by atoms with E-state index in [-0.39, 0.29) is 35.8 Å². The molecule has 0 saturated carbocycles. The van der Waals surface area contributed by atoms with Gasteiger partial charge in [-0.3, -0.25) is 15.7 Å². The topological polar surface area (TPSA) is 141 Å². The third-order valence-electron chi connectivity index (χ3n) is 1.94. The normalized spacial score (nSPS) is 9.75. The highest BCUT2D eigenvalue weighted by Crippen LogP contribution is 2.21. The Morgan fingerprint density at radius 1 is 1.25 bits per heavy atom. The van der Waals surface area contributed by atoms with Gasteiger partial charge in [0.2, 0.25) is 0 Å². The zero-order valence-corrected chi connectivity index (χ0v) is 12.2. The highest BCUT2D eigenvalue weighted by Gasteiger charge is 1.90. The molecule has 8 N–H and O–H groups in total. The minimum atomic E-state index is -0.178. The lowest BCUT2D eigenvalue weighted by Crippen LogP contribution is -2.40. The number of phenols is 2. The molecule has 0 saturated heterocycles. The predicted molar refractivity (Wildman–Crippen MR) is 83.5 cm³/mol. The summed E-state index contributed by atoms with van der Waals surface area (Å²) in [5, 5.41) is 26.5. The Morgan fingerprint density at radius 2 is 1.75 bits per heavy atom. The molecular formula is C12H22ClN5O2. The molecular weight excluding hydrogens is 282 g/mol. The fraction of sp³-hybridized carbons (Fsp3) is 0.333. The van der Waals surface area contributed by atoms with E-state index in [0.717, 1.165) is 12.8 Å². The number of aliphatic imine (C=N–C) groups is 1. The highest BCUT2D eigenvalue weighted by atomic mass is 35.5. The maximum Gasteiger partial charge on any atom is 0.195 e. The first-order valence-electron chi connectivity index (χ1n) is 5.85. The molecule has 0 amide bonds. The maximum atomic E-state index is 8.67. The smallest absolute Gasteiger partial charge is 0.195 e. The van der Waals surface area contributed by atoms with Crippen LogP contribution in [0, 0.1) is 5.41 Å². The van der Waals surface area contributed by atoms with Gasteiger partial charge >= 0.3 is 0 Å². The number of benzene rings is 1. The third-order valence-corrected chi connectivity index (χ3v) is 1.94. The van der Waals surface area contributed by atoms with Crippen LogP contribution < -0.4 is 16.8 Å². The number of nitrogens with zero attached hydrogens (tertiary/aromatic N) is 1. The van der Waals surface area contributed by atoms with Crippen molar-refractivity contribution in [3.63, 3.8) is 0 Å². The Labute approximate surface area is 124 Å². The molecule has 0 aliphatic rings. The van der Waals surface area contributed by atoms with Crippen molar-refractivity contribution in [1.29, 1.82) is 5.41 Å². The van der Waals surface area contributed by atoms with Gasteiger partial charge in [-0.1, -0.05) is 25.5 Å². The van der Waals surface area contributed by atoms with E-state index >= 15 is 0 Å². The van der Waals surface area contributed by atoms with Crippen LogP contribution in [0.15, 0.2) is 29.3 Å². The van der Waals surface area contributed by atoms with Crippen LogP contribution in [0.1, 0.15) is 19.8 Å². The Morgan fingerprint density at radius 3 is 2.10 bits per heavy atom. The van der Waals surface area contributed by atoms with Crippen molar-refractivity contribution in [3.05, 3.63) is 24.3 Å². The number of nitrogens with one attached hydrogen (secondary N) is 2. The number of guanidine groups is 2. The summed E-state index contributed by atoms with van der Waals surface area (Å²) in [6.07, 6.45) is 2.08. The van der Waals surface area contributed by atoms with Crippen LogP contribution in [0.25, 0.3) is 0 Å². The van der Waals surface area contributed by atoms with Gasteiger partial charge in [0.05, 0.1) is 0 Å². The Bertz CT molecular complexity index is 405. The summed E-state index contributed by atoms with van der Waals surface area (Å²) in [5.74, 6) is -0.117. The van der Waals surface area contributed by atoms with Crippen LogP contribution in [0.4, 0.5) is 0 Å². The van der Waals surface area contributed by atoms with E-state index in [0.29, 0.717) is 6.54 Å². The third kappa shape index (κ3) is 11.0. The van der Waals surface area contributed by atoms with Crippen molar-refractivity contribution in [3.8, 4) is 11.5 Å². The minimum Gasteiger partial charge on any atom is -0.504 e. The van der Waals surface area contributed by atoms with Crippen LogP contribution in [-0.2, 0) is 0 Å². The lowest BCUT2D eigenvalue weighted by Gasteiger charge is -2.00. The Balaban J connectivity index is 0. The summed E-state index contributed by atoms with van der Waals surface area (Å²) >= 11 is 0. The second kappa shape index (κ2) is 11.9. The van der Waals surface area contributed by atoms with Gasteiger partial charge in [0.25, 0.3) is 0 Å². The first-order valence-corrected chi connectivity index (χ1v) is 5.85. The molecule has 1 rings (SSSR count). The second-order valence-electron chi connectivity index (χ2n) is 3.65. The van der Waals surface area contributed by atoms with Gasteiger partial charge in [0.1, 0.15) is 0 Å². The van der Waals surface area contributed by atoms with Crippen molar-refractivity contribution in [2.24, 2.45) is 16.5 Å². The molecule has 0 aliphatic carbocycles. The predicted octanol–water partition coefficient (Wildman–Crippen LogP) is 1.10. The fourth-order valence-electron chi connectivity index (χ4n) is 0.999. The number of aromatic hydroxyl groups is 2. The molecule has 114 valence electrons. The largest absolute Gasteiger partial charge is 0.504 e. The number of hydrogen-bond donors (Lipinski definition) is 6. The number of phenolic OH excluding ortho intramolecular Hbond substituents is 2. The van der Waals surface area contributed by atoms with Gasteiger partial charge < -0.3 is 21.7 Å². The average Bonchev–Trinajstić information content (AvgIpc) is 2.33. The average molecular weight is 304 g/mol. The van der Waals surface area contributed by atoms with Crippen molar-refractivity contribution in [2.75, 3.05) is 6.54 Å². The van der Waals surface area contributed by atoms with E-state index in [2.05, 4.69) is 17.2 Å². The molecule has 7 nitrogen and oxygen atoms in total. The lowest BCUT2D eigenvalue weighted by atomic mass is 10.3. The van der Waals surface area contributed by atoms with E-state index in [9.17, 15) is 0 Å². The SMILES string of the molecule is CCCCN=C(N)NC(=N)N.Cl.Oc1ccccc1O. The summed E-state index contributed by atoms with van der Waals surface area (Å²) in [4.78, 5) is 3.92. The summed E-state index contributed by atoms with van der Waals surface area (Å²) in [5.41, 5.74) is 10.3. The van der Waals surface area contributed by atoms with E-state index in [4.69, 9.17) is 27.1 Å². The van der Waals surface area contributed by atoms with E-state index < -0.39 is 0 Å². The summed E-state index contributed by atoms with van der Waals surface area (Å²) in [6, 6.07) is 6.15. The zero-order chi connectivity index (χ0) is 14.7. The van der Waals surface area contributed by atoms with Gasteiger partial charge in [0.15, 0.2) is 23.4 Å². The van der Waals surface area contributed by atoms with Crippen molar-refractivity contribution in [1.82, 2.24) is 5.32 Å². The van der Waals surface area contributed by atoms with Crippen LogP contribution in [-0.4, -0.2) is 28.7 Å². The molecule has 0 atom stereocenters. The molecule has 0 fully saturated rings. The Hall–Kier alpha value is -2.15. The maximum absolute atomic E-state index is 8.67. The first-order chi connectivity index (χ1) is 8.97. The lowest BCUT2D eigenvalue weighted by molar-refractivity contribution is 0.404. The van der Waals surface area contributed by atoms with Gasteiger partial charge in [0, 0.05) is 6.54 Å². The van der Waals surface area contributed by atoms with Gasteiger partial charge in [-0.15, -0.1) is 12.4 Å². The van der Waals surface area contributed by atoms with Crippen LogP contribution >= 0.6 is 12.4 Å². The molecule has 8 heteroatoms. The van der Waals surface area contributed by atoms with Crippen molar-refractivity contribution >= 4 is 24.3 Å². The summed E-state index contributed by atoms with van der Waals surface area (Å²) in [7, 11) is 0. The molecule has 0 heterocycles. The number of unbranched alkanes of at least 4 members (excludes halogenated alkanes) is 1. The quantitative estimate of drug-likeness (QED) is 0.215. The highest BCUT2D eigenvalue weighted by molar-refractivity contribution is 5.95. The summed E-state index contributed by atoms with van der Waals surface area (Å²) in [6.45, 7) is 2.76. The van der Waals surface area contributed by atoms with Crippen LogP contribution in [0.3, 0.4) is 0 Å². The first kappa shape index (κ1) is 20.2. The van der Waals surface area contributed by atoms with Crippen LogP contribution in [0.2, 0.25) is 0 Å². The van der Waals surface area contributed by atoms with E-state index in [1.807, 2.05) is 0 Å². The molecule has 0 bridgehead atoms. The van der Waals surface area contributed by atoms with Crippen molar-refractivity contribution < 1.29 is 10.2 Å².